The fourth-order valence-electron chi connectivity index (χ4n) is 2.70. The summed E-state index contributed by atoms with van der Waals surface area (Å²) in [7, 11) is -1.82. The van der Waals surface area contributed by atoms with Gasteiger partial charge in [0.1, 0.15) is 5.75 Å². The summed E-state index contributed by atoms with van der Waals surface area (Å²) in [6.45, 7) is 0. The first-order chi connectivity index (χ1) is 12.3. The first kappa shape index (κ1) is 18.1. The molecule has 3 rings (SSSR count). The number of rotatable bonds is 4. The van der Waals surface area contributed by atoms with Crippen LogP contribution in [0, 0.1) is 11.6 Å². The van der Waals surface area contributed by atoms with Gasteiger partial charge in [0.25, 0.3) is 0 Å². The number of benzene rings is 3. The molecule has 0 saturated heterocycles. The van der Waals surface area contributed by atoms with E-state index in [0.717, 1.165) is 18.4 Å². The fraction of sp³-hybridized carbons (Fsp3) is 0.100. The highest BCUT2D eigenvalue weighted by Crippen LogP contribution is 2.35. The van der Waals surface area contributed by atoms with Crippen LogP contribution < -0.4 is 4.74 Å². The predicted octanol–water partition coefficient (Wildman–Crippen LogP) is 4.71. The van der Waals surface area contributed by atoms with E-state index in [2.05, 4.69) is 0 Å². The topological polar surface area (TPSA) is 43.4 Å². The molecule has 0 atom stereocenters. The minimum Gasteiger partial charge on any atom is -0.497 e. The Balaban J connectivity index is 2.19. The van der Waals surface area contributed by atoms with Crippen molar-refractivity contribution in [3.8, 4) is 28.0 Å². The van der Waals surface area contributed by atoms with E-state index < -0.39 is 21.5 Å². The predicted molar refractivity (Wildman–Crippen MR) is 96.9 cm³/mol. The van der Waals surface area contributed by atoms with Crippen molar-refractivity contribution in [2.45, 2.75) is 4.90 Å². The molecule has 0 amide bonds. The lowest BCUT2D eigenvalue weighted by Crippen LogP contribution is -1.97. The van der Waals surface area contributed by atoms with Crippen LogP contribution in [0.5, 0.6) is 5.75 Å². The van der Waals surface area contributed by atoms with Crippen LogP contribution in [0.2, 0.25) is 0 Å². The van der Waals surface area contributed by atoms with E-state index in [1.807, 2.05) is 0 Å². The van der Waals surface area contributed by atoms with Gasteiger partial charge in [0.2, 0.25) is 0 Å². The van der Waals surface area contributed by atoms with Gasteiger partial charge in [-0.2, -0.15) is 0 Å². The van der Waals surface area contributed by atoms with Crippen LogP contribution in [0.1, 0.15) is 0 Å². The Morgan fingerprint density at radius 3 is 1.92 bits per heavy atom. The van der Waals surface area contributed by atoms with Crippen molar-refractivity contribution in [1.82, 2.24) is 0 Å². The fourth-order valence-corrected chi connectivity index (χ4v) is 3.33. The van der Waals surface area contributed by atoms with Crippen LogP contribution in [0.15, 0.2) is 65.6 Å². The molecule has 3 aromatic carbocycles. The molecule has 0 spiro atoms. The monoisotopic (exact) mass is 374 g/mol. The van der Waals surface area contributed by atoms with E-state index in [1.165, 1.54) is 19.2 Å². The second kappa shape index (κ2) is 6.88. The largest absolute Gasteiger partial charge is 0.497 e. The molecule has 6 heteroatoms. The molecule has 26 heavy (non-hydrogen) atoms. The Bertz CT molecular complexity index is 1060. The summed E-state index contributed by atoms with van der Waals surface area (Å²) in [6, 6.07) is 15.3. The highest BCUT2D eigenvalue weighted by atomic mass is 32.2. The molecule has 0 aliphatic carbocycles. The van der Waals surface area contributed by atoms with Crippen LogP contribution in [-0.2, 0) is 9.84 Å². The van der Waals surface area contributed by atoms with Gasteiger partial charge >= 0.3 is 0 Å². The average molecular weight is 374 g/mol. The maximum Gasteiger partial charge on any atom is 0.175 e. The summed E-state index contributed by atoms with van der Waals surface area (Å²) in [4.78, 5) is 0.159. The van der Waals surface area contributed by atoms with Gasteiger partial charge in [-0.1, -0.05) is 24.3 Å². The molecular weight excluding hydrogens is 358 g/mol. The van der Waals surface area contributed by atoms with Gasteiger partial charge in [-0.15, -0.1) is 0 Å². The van der Waals surface area contributed by atoms with Gasteiger partial charge in [-0.3, -0.25) is 0 Å². The second-order valence-corrected chi connectivity index (χ2v) is 7.86. The maximum absolute atomic E-state index is 13.9. The standard InChI is InChI=1S/C20H16F2O3S/c1-25-15-5-3-4-14(10-15)18-12-20(22)19(21)11-17(18)13-6-8-16(9-7-13)26(2,23)24/h3-12H,1-2H3. The Hall–Kier alpha value is -2.73. The lowest BCUT2D eigenvalue weighted by Gasteiger charge is -2.13. The van der Waals surface area contributed by atoms with Crippen LogP contribution >= 0.6 is 0 Å². The number of ether oxygens (including phenoxy) is 1. The van der Waals surface area contributed by atoms with Crippen LogP contribution in [0.4, 0.5) is 8.78 Å². The zero-order chi connectivity index (χ0) is 18.9. The summed E-state index contributed by atoms with van der Waals surface area (Å²) < 4.78 is 56.2. The Morgan fingerprint density at radius 1 is 0.808 bits per heavy atom. The number of halogens is 2. The average Bonchev–Trinajstić information content (AvgIpc) is 2.63. The molecule has 3 nitrogen and oxygen atoms in total. The summed E-state index contributed by atoms with van der Waals surface area (Å²) in [5.74, 6) is -1.34. The Kier molecular flexibility index (Phi) is 4.78. The summed E-state index contributed by atoms with van der Waals surface area (Å²) in [6.07, 6.45) is 1.11. The van der Waals surface area contributed by atoms with Crippen LogP contribution in [0.3, 0.4) is 0 Å². The molecule has 3 aromatic rings. The van der Waals surface area contributed by atoms with Crippen LogP contribution in [0.25, 0.3) is 22.3 Å². The third kappa shape index (κ3) is 3.60. The molecule has 0 bridgehead atoms. The van der Waals surface area contributed by atoms with Gasteiger partial charge in [0, 0.05) is 6.26 Å². The molecular formula is C20H16F2O3S. The highest BCUT2D eigenvalue weighted by Gasteiger charge is 2.15. The van der Waals surface area contributed by atoms with E-state index in [-0.39, 0.29) is 4.90 Å². The number of methoxy groups -OCH3 is 1. The van der Waals surface area contributed by atoms with Crippen molar-refractivity contribution in [2.24, 2.45) is 0 Å². The third-order valence-corrected chi connectivity index (χ3v) is 5.16. The lowest BCUT2D eigenvalue weighted by molar-refractivity contribution is 0.415. The van der Waals surface area contributed by atoms with E-state index >= 15 is 0 Å². The van der Waals surface area contributed by atoms with Gasteiger partial charge in [-0.05, 0) is 58.7 Å². The van der Waals surface area contributed by atoms with Crippen LogP contribution in [-0.4, -0.2) is 21.8 Å². The molecule has 0 radical (unpaired) electrons. The van der Waals surface area contributed by atoms with Gasteiger partial charge < -0.3 is 4.74 Å². The Morgan fingerprint density at radius 2 is 1.38 bits per heavy atom. The van der Waals surface area contributed by atoms with E-state index in [1.54, 1.807) is 36.4 Å². The van der Waals surface area contributed by atoms with E-state index in [0.29, 0.717) is 28.0 Å². The molecule has 0 unspecified atom stereocenters. The molecule has 0 fully saturated rings. The zero-order valence-corrected chi connectivity index (χ0v) is 15.0. The molecule has 134 valence electrons. The van der Waals surface area contributed by atoms with Crippen molar-refractivity contribution < 1.29 is 21.9 Å². The second-order valence-electron chi connectivity index (χ2n) is 5.84. The highest BCUT2D eigenvalue weighted by molar-refractivity contribution is 7.90. The molecule has 0 saturated carbocycles. The Labute approximate surface area is 150 Å². The normalized spacial score (nSPS) is 11.4. The lowest BCUT2D eigenvalue weighted by atomic mass is 9.94. The van der Waals surface area contributed by atoms with Crippen molar-refractivity contribution in [3.05, 3.63) is 72.3 Å². The van der Waals surface area contributed by atoms with Crippen molar-refractivity contribution >= 4 is 9.84 Å². The van der Waals surface area contributed by atoms with Gasteiger partial charge in [0.05, 0.1) is 12.0 Å². The molecule has 0 heterocycles. The first-order valence-electron chi connectivity index (χ1n) is 7.73. The van der Waals surface area contributed by atoms with E-state index in [4.69, 9.17) is 4.74 Å². The summed E-state index contributed by atoms with van der Waals surface area (Å²) in [5, 5.41) is 0. The third-order valence-electron chi connectivity index (χ3n) is 4.03. The molecule has 0 N–H and O–H groups in total. The van der Waals surface area contributed by atoms with Gasteiger partial charge in [0.15, 0.2) is 21.5 Å². The first-order valence-corrected chi connectivity index (χ1v) is 9.62. The van der Waals surface area contributed by atoms with Crippen molar-refractivity contribution in [1.29, 1.82) is 0 Å². The molecule has 0 aromatic heterocycles. The van der Waals surface area contributed by atoms with Gasteiger partial charge in [-0.25, -0.2) is 17.2 Å². The summed E-state index contributed by atoms with van der Waals surface area (Å²) in [5.41, 5.74) is 2.17. The van der Waals surface area contributed by atoms with Crippen molar-refractivity contribution in [2.75, 3.05) is 13.4 Å². The molecule has 0 aliphatic rings. The van der Waals surface area contributed by atoms with E-state index in [9.17, 15) is 17.2 Å². The van der Waals surface area contributed by atoms with Crippen molar-refractivity contribution in [3.63, 3.8) is 0 Å². The number of sulfone groups is 1. The molecule has 0 aliphatic heterocycles. The smallest absolute Gasteiger partial charge is 0.175 e. The zero-order valence-electron chi connectivity index (χ0n) is 14.2. The SMILES string of the molecule is COc1cccc(-c2cc(F)c(F)cc2-c2ccc(S(C)(=O)=O)cc2)c1. The number of hydrogen-bond donors (Lipinski definition) is 0. The maximum atomic E-state index is 13.9. The summed E-state index contributed by atoms with van der Waals surface area (Å²) >= 11 is 0. The minimum atomic E-state index is -3.34. The quantitative estimate of drug-likeness (QED) is 0.664. The minimum absolute atomic E-state index is 0.159. The number of hydrogen-bond acceptors (Lipinski definition) is 3.